The molecule has 0 heterocycles. The molecule has 0 aromatic heterocycles. The average molecular weight is 357 g/mol. The summed E-state index contributed by atoms with van der Waals surface area (Å²) in [7, 11) is -3.22. The predicted molar refractivity (Wildman–Crippen MR) is 103 cm³/mol. The Hall–Kier alpha value is -2.11. The molecule has 1 saturated carbocycles. The van der Waals surface area contributed by atoms with Crippen LogP contribution in [-0.2, 0) is 10.0 Å². The first kappa shape index (κ1) is 17.7. The zero-order valence-electron chi connectivity index (χ0n) is 14.1. The molecule has 1 fully saturated rings. The molecule has 1 aliphatic rings. The summed E-state index contributed by atoms with van der Waals surface area (Å²) in [6.45, 7) is 0.159. The quantitative estimate of drug-likeness (QED) is 0.704. The molecule has 2 N–H and O–H groups in total. The normalized spacial score (nSPS) is 15.2. The lowest BCUT2D eigenvalue weighted by molar-refractivity contribution is 0.290. The Balaban J connectivity index is 1.78. The second kappa shape index (κ2) is 7.85. The summed E-state index contributed by atoms with van der Waals surface area (Å²) in [6.07, 6.45) is 5.09. The number of sulfonamides is 1. The maximum Gasteiger partial charge on any atom is 0.235 e. The zero-order chi connectivity index (χ0) is 17.7. The summed E-state index contributed by atoms with van der Waals surface area (Å²) in [4.78, 5) is 0. The fourth-order valence-electron chi connectivity index (χ4n) is 2.70. The number of rotatable bonds is 8. The fraction of sp³-hybridized carbons (Fsp3) is 0.300. The molecule has 25 heavy (non-hydrogen) atoms. The standard InChI is InChI=1S/C20H23NO3S/c22-14-4-7-18(17-5-2-1-3-6-17)15-16-8-10-19(11-9-16)21-25(23,24)20-12-13-20/h1-3,5-6,8-11,15,20-22H,4,7,12-14H2/b18-15+. The number of anilines is 1. The number of aliphatic hydroxyl groups excluding tert-OH is 1. The van der Waals surface area contributed by atoms with Crippen LogP contribution in [0, 0.1) is 0 Å². The average Bonchev–Trinajstić information content (AvgIpc) is 3.46. The Morgan fingerprint density at radius 2 is 1.76 bits per heavy atom. The summed E-state index contributed by atoms with van der Waals surface area (Å²) in [6, 6.07) is 17.5. The first-order valence-electron chi connectivity index (χ1n) is 8.57. The fourth-order valence-corrected chi connectivity index (χ4v) is 4.08. The van der Waals surface area contributed by atoms with Crippen LogP contribution in [0.5, 0.6) is 0 Å². The van der Waals surface area contributed by atoms with Gasteiger partial charge in [-0.05, 0) is 54.5 Å². The molecule has 4 nitrogen and oxygen atoms in total. The van der Waals surface area contributed by atoms with Crippen molar-refractivity contribution in [3.05, 3.63) is 65.7 Å². The van der Waals surface area contributed by atoms with E-state index in [0.717, 1.165) is 36.0 Å². The molecule has 2 aromatic rings. The number of allylic oxidation sites excluding steroid dienone is 1. The molecule has 0 saturated heterocycles. The van der Waals surface area contributed by atoms with E-state index in [1.807, 2.05) is 30.3 Å². The molecular formula is C20H23NO3S. The van der Waals surface area contributed by atoms with Crippen LogP contribution < -0.4 is 4.72 Å². The molecular weight excluding hydrogens is 334 g/mol. The summed E-state index contributed by atoms with van der Waals surface area (Å²) in [5.74, 6) is 0. The minimum absolute atomic E-state index is 0.159. The van der Waals surface area contributed by atoms with Gasteiger partial charge in [-0.15, -0.1) is 0 Å². The lowest BCUT2D eigenvalue weighted by atomic mass is 9.98. The number of nitrogens with one attached hydrogen (secondary N) is 1. The molecule has 0 amide bonds. The largest absolute Gasteiger partial charge is 0.396 e. The molecule has 1 aliphatic carbocycles. The van der Waals surface area contributed by atoms with Crippen molar-refractivity contribution < 1.29 is 13.5 Å². The number of aliphatic hydroxyl groups is 1. The van der Waals surface area contributed by atoms with Gasteiger partial charge in [0.25, 0.3) is 0 Å². The second-order valence-corrected chi connectivity index (χ2v) is 8.29. The van der Waals surface area contributed by atoms with Crippen molar-refractivity contribution in [2.45, 2.75) is 30.9 Å². The van der Waals surface area contributed by atoms with Crippen LogP contribution in [0.3, 0.4) is 0 Å². The molecule has 3 rings (SSSR count). The van der Waals surface area contributed by atoms with Crippen LogP contribution in [0.4, 0.5) is 5.69 Å². The third-order valence-corrected chi connectivity index (χ3v) is 6.09. The summed E-state index contributed by atoms with van der Waals surface area (Å²) in [5.41, 5.74) is 3.89. The van der Waals surface area contributed by atoms with Crippen molar-refractivity contribution in [3.63, 3.8) is 0 Å². The predicted octanol–water partition coefficient (Wildman–Crippen LogP) is 3.90. The van der Waals surface area contributed by atoms with Crippen molar-refractivity contribution in [1.82, 2.24) is 0 Å². The van der Waals surface area contributed by atoms with E-state index < -0.39 is 10.0 Å². The first-order valence-corrected chi connectivity index (χ1v) is 10.1. The van der Waals surface area contributed by atoms with Gasteiger partial charge in [-0.3, -0.25) is 4.72 Å². The lowest BCUT2D eigenvalue weighted by Crippen LogP contribution is -2.17. The Labute approximate surface area is 149 Å². The Bertz CT molecular complexity index is 823. The minimum Gasteiger partial charge on any atom is -0.396 e. The van der Waals surface area contributed by atoms with Gasteiger partial charge in [0.1, 0.15) is 0 Å². The SMILES string of the molecule is O=S(=O)(Nc1ccc(/C=C(\CCCO)c2ccccc2)cc1)C1CC1. The third kappa shape index (κ3) is 4.94. The Kier molecular flexibility index (Phi) is 5.56. The molecule has 0 unspecified atom stereocenters. The smallest absolute Gasteiger partial charge is 0.235 e. The van der Waals surface area contributed by atoms with Gasteiger partial charge in [0.2, 0.25) is 10.0 Å². The minimum atomic E-state index is -3.22. The van der Waals surface area contributed by atoms with Gasteiger partial charge in [0, 0.05) is 12.3 Å². The van der Waals surface area contributed by atoms with Crippen LogP contribution in [0.25, 0.3) is 11.6 Å². The van der Waals surface area contributed by atoms with Gasteiger partial charge in [0.05, 0.1) is 5.25 Å². The van der Waals surface area contributed by atoms with Gasteiger partial charge in [0.15, 0.2) is 0 Å². The summed E-state index contributed by atoms with van der Waals surface area (Å²) >= 11 is 0. The number of benzene rings is 2. The van der Waals surface area contributed by atoms with Crippen LogP contribution in [0.15, 0.2) is 54.6 Å². The van der Waals surface area contributed by atoms with Crippen molar-refractivity contribution >= 4 is 27.4 Å². The van der Waals surface area contributed by atoms with Gasteiger partial charge in [-0.25, -0.2) is 8.42 Å². The van der Waals surface area contributed by atoms with Crippen LogP contribution in [0.1, 0.15) is 36.8 Å². The summed E-state index contributed by atoms with van der Waals surface area (Å²) in [5, 5.41) is 8.90. The lowest BCUT2D eigenvalue weighted by Gasteiger charge is -2.09. The van der Waals surface area contributed by atoms with E-state index in [1.165, 1.54) is 0 Å². The van der Waals surface area contributed by atoms with Gasteiger partial charge >= 0.3 is 0 Å². The Morgan fingerprint density at radius 1 is 1.08 bits per heavy atom. The topological polar surface area (TPSA) is 66.4 Å². The van der Waals surface area contributed by atoms with Crippen molar-refractivity contribution in [1.29, 1.82) is 0 Å². The summed E-state index contributed by atoms with van der Waals surface area (Å²) < 4.78 is 26.6. The highest BCUT2D eigenvalue weighted by Gasteiger charge is 2.35. The van der Waals surface area contributed by atoms with Gasteiger partial charge in [-0.2, -0.15) is 0 Å². The second-order valence-electron chi connectivity index (χ2n) is 6.33. The van der Waals surface area contributed by atoms with E-state index in [1.54, 1.807) is 12.1 Å². The monoisotopic (exact) mass is 357 g/mol. The van der Waals surface area contributed by atoms with Gasteiger partial charge in [-0.1, -0.05) is 48.5 Å². The molecule has 0 spiro atoms. The van der Waals surface area contributed by atoms with E-state index in [-0.39, 0.29) is 11.9 Å². The molecule has 0 aliphatic heterocycles. The van der Waals surface area contributed by atoms with Crippen molar-refractivity contribution in [2.24, 2.45) is 0 Å². The van der Waals surface area contributed by atoms with Crippen molar-refractivity contribution in [3.8, 4) is 0 Å². The molecule has 5 heteroatoms. The number of hydrogen-bond acceptors (Lipinski definition) is 3. The van der Waals surface area contributed by atoms with Crippen molar-refractivity contribution in [2.75, 3.05) is 11.3 Å². The third-order valence-electron chi connectivity index (χ3n) is 4.22. The van der Waals surface area contributed by atoms with E-state index >= 15 is 0 Å². The molecule has 0 bridgehead atoms. The van der Waals surface area contributed by atoms with Crippen LogP contribution in [-0.4, -0.2) is 25.4 Å². The first-order chi connectivity index (χ1) is 12.1. The highest BCUT2D eigenvalue weighted by molar-refractivity contribution is 7.93. The van der Waals surface area contributed by atoms with E-state index in [4.69, 9.17) is 5.11 Å². The maximum absolute atomic E-state index is 12.0. The van der Waals surface area contributed by atoms with E-state index in [2.05, 4.69) is 22.9 Å². The Morgan fingerprint density at radius 3 is 2.36 bits per heavy atom. The maximum atomic E-state index is 12.0. The zero-order valence-corrected chi connectivity index (χ0v) is 14.9. The molecule has 0 atom stereocenters. The van der Waals surface area contributed by atoms with E-state index in [0.29, 0.717) is 12.1 Å². The highest BCUT2D eigenvalue weighted by atomic mass is 32.2. The van der Waals surface area contributed by atoms with Gasteiger partial charge < -0.3 is 5.11 Å². The van der Waals surface area contributed by atoms with E-state index in [9.17, 15) is 8.42 Å². The molecule has 132 valence electrons. The molecule has 0 radical (unpaired) electrons. The highest BCUT2D eigenvalue weighted by Crippen LogP contribution is 2.30. The van der Waals surface area contributed by atoms with Crippen LogP contribution in [0.2, 0.25) is 0 Å². The number of hydrogen-bond donors (Lipinski definition) is 2. The van der Waals surface area contributed by atoms with Crippen LogP contribution >= 0.6 is 0 Å². The molecule has 2 aromatic carbocycles.